The van der Waals surface area contributed by atoms with Gasteiger partial charge in [0.25, 0.3) is 5.91 Å². The maximum atomic E-state index is 13.9. The van der Waals surface area contributed by atoms with Crippen molar-refractivity contribution in [3.05, 3.63) is 64.5 Å². The standard InChI is InChI=1S/C17H14BrFN6O2S/c18-11-8-22-17(23-9-4-6-10(7-5-9)28(21)27)25-16(11)24-13-3-1-2-12(19)14(13)15(20)26/h1-8H,21H2,(H2,20,26)(H2,22,23,24,25). The number of halogens is 2. The molecular weight excluding hydrogens is 451 g/mol. The predicted molar refractivity (Wildman–Crippen MR) is 108 cm³/mol. The van der Waals surface area contributed by atoms with Crippen LogP contribution in [0.3, 0.4) is 0 Å². The molecule has 1 unspecified atom stereocenters. The number of carbonyl (C=O) groups excluding carboxylic acids is 1. The predicted octanol–water partition coefficient (Wildman–Crippen LogP) is 2.95. The first-order valence-electron chi connectivity index (χ1n) is 7.76. The van der Waals surface area contributed by atoms with Gasteiger partial charge >= 0.3 is 0 Å². The molecule has 0 spiro atoms. The summed E-state index contributed by atoms with van der Waals surface area (Å²) in [6, 6.07) is 10.7. The maximum Gasteiger partial charge on any atom is 0.253 e. The molecule has 0 fully saturated rings. The second kappa shape index (κ2) is 8.42. The summed E-state index contributed by atoms with van der Waals surface area (Å²) in [5.41, 5.74) is 5.81. The van der Waals surface area contributed by atoms with Crippen LogP contribution in [0, 0.1) is 5.82 Å². The molecule has 0 radical (unpaired) electrons. The van der Waals surface area contributed by atoms with E-state index < -0.39 is 22.7 Å². The lowest BCUT2D eigenvalue weighted by Crippen LogP contribution is -2.16. The smallest absolute Gasteiger partial charge is 0.253 e. The molecule has 0 bridgehead atoms. The number of amides is 1. The molecule has 1 heterocycles. The maximum absolute atomic E-state index is 13.9. The molecule has 11 heteroatoms. The van der Waals surface area contributed by atoms with Gasteiger partial charge in [-0.1, -0.05) is 6.07 Å². The van der Waals surface area contributed by atoms with Gasteiger partial charge in [0.2, 0.25) is 5.95 Å². The zero-order valence-corrected chi connectivity index (χ0v) is 16.6. The van der Waals surface area contributed by atoms with Gasteiger partial charge in [-0.2, -0.15) is 4.98 Å². The lowest BCUT2D eigenvalue weighted by molar-refractivity contribution is 0.0997. The van der Waals surface area contributed by atoms with Gasteiger partial charge in [-0.25, -0.2) is 18.7 Å². The number of benzene rings is 2. The van der Waals surface area contributed by atoms with E-state index in [1.54, 1.807) is 24.3 Å². The molecule has 8 nitrogen and oxygen atoms in total. The number of carbonyl (C=O) groups is 1. The van der Waals surface area contributed by atoms with Crippen LogP contribution in [0.4, 0.5) is 27.5 Å². The summed E-state index contributed by atoms with van der Waals surface area (Å²) < 4.78 is 25.7. The summed E-state index contributed by atoms with van der Waals surface area (Å²) in [6.07, 6.45) is 1.49. The van der Waals surface area contributed by atoms with Crippen molar-refractivity contribution in [1.82, 2.24) is 9.97 Å². The molecule has 3 aromatic rings. The molecule has 0 aliphatic rings. The van der Waals surface area contributed by atoms with Crippen molar-refractivity contribution in [2.45, 2.75) is 4.90 Å². The van der Waals surface area contributed by atoms with Crippen molar-refractivity contribution in [3.63, 3.8) is 0 Å². The number of hydrogen-bond acceptors (Lipinski definition) is 6. The van der Waals surface area contributed by atoms with Gasteiger partial charge < -0.3 is 16.4 Å². The van der Waals surface area contributed by atoms with E-state index in [0.29, 0.717) is 20.9 Å². The molecule has 1 amide bonds. The van der Waals surface area contributed by atoms with Gasteiger partial charge in [0, 0.05) is 11.9 Å². The Kier molecular flexibility index (Phi) is 5.97. The molecule has 0 aliphatic carbocycles. The quantitative estimate of drug-likeness (QED) is 0.442. The van der Waals surface area contributed by atoms with Gasteiger partial charge in [-0.3, -0.25) is 4.79 Å². The number of nitrogens with one attached hydrogen (secondary N) is 2. The fraction of sp³-hybridized carbons (Fsp3) is 0. The Labute approximate surface area is 170 Å². The minimum absolute atomic E-state index is 0.174. The topological polar surface area (TPSA) is 136 Å². The normalized spacial score (nSPS) is 11.7. The second-order valence-electron chi connectivity index (χ2n) is 5.49. The van der Waals surface area contributed by atoms with Crippen molar-refractivity contribution in [1.29, 1.82) is 0 Å². The zero-order chi connectivity index (χ0) is 20.3. The molecule has 1 aromatic heterocycles. The number of nitrogens with two attached hydrogens (primary N) is 2. The Bertz CT molecular complexity index is 1060. The SMILES string of the molecule is NC(=O)c1c(F)cccc1Nc1nc(Nc2ccc(S(N)=O)cc2)ncc1Br. The Hall–Kier alpha value is -2.89. The Morgan fingerprint density at radius 1 is 1.14 bits per heavy atom. The van der Waals surface area contributed by atoms with Gasteiger partial charge in [0.1, 0.15) is 22.6 Å². The van der Waals surface area contributed by atoms with Gasteiger partial charge in [-0.15, -0.1) is 0 Å². The average Bonchev–Trinajstić information content (AvgIpc) is 2.64. The highest BCUT2D eigenvalue weighted by Crippen LogP contribution is 2.28. The van der Waals surface area contributed by atoms with Crippen molar-refractivity contribution in [2.24, 2.45) is 10.9 Å². The van der Waals surface area contributed by atoms with Crippen LogP contribution in [0.1, 0.15) is 10.4 Å². The highest BCUT2D eigenvalue weighted by atomic mass is 79.9. The molecule has 6 N–H and O–H groups in total. The highest BCUT2D eigenvalue weighted by molar-refractivity contribution is 9.10. The van der Waals surface area contributed by atoms with E-state index in [9.17, 15) is 13.4 Å². The molecular formula is C17H14BrFN6O2S. The fourth-order valence-electron chi connectivity index (χ4n) is 2.32. The first-order valence-corrected chi connectivity index (χ1v) is 9.77. The number of hydrogen-bond donors (Lipinski definition) is 4. The van der Waals surface area contributed by atoms with Crippen LogP contribution in [-0.4, -0.2) is 20.1 Å². The Balaban J connectivity index is 1.87. The molecule has 144 valence electrons. The van der Waals surface area contributed by atoms with E-state index in [1.165, 1.54) is 18.3 Å². The lowest BCUT2D eigenvalue weighted by Gasteiger charge is -2.13. The number of rotatable bonds is 6. The van der Waals surface area contributed by atoms with Crippen LogP contribution in [0.5, 0.6) is 0 Å². The number of anilines is 4. The van der Waals surface area contributed by atoms with E-state index in [4.69, 9.17) is 10.9 Å². The third-order valence-electron chi connectivity index (χ3n) is 3.60. The summed E-state index contributed by atoms with van der Waals surface area (Å²) >= 11 is 3.31. The Morgan fingerprint density at radius 3 is 2.50 bits per heavy atom. The third-order valence-corrected chi connectivity index (χ3v) is 4.92. The molecule has 3 rings (SSSR count). The molecule has 0 saturated carbocycles. The van der Waals surface area contributed by atoms with E-state index in [0.717, 1.165) is 6.07 Å². The van der Waals surface area contributed by atoms with Crippen LogP contribution in [0.15, 0.2) is 58.0 Å². The Morgan fingerprint density at radius 2 is 1.86 bits per heavy atom. The van der Waals surface area contributed by atoms with Crippen LogP contribution >= 0.6 is 15.9 Å². The van der Waals surface area contributed by atoms with Gasteiger partial charge in [0.05, 0.1) is 20.6 Å². The molecule has 0 aliphatic heterocycles. The van der Waals surface area contributed by atoms with Crippen LogP contribution < -0.4 is 21.5 Å². The summed E-state index contributed by atoms with van der Waals surface area (Å²) in [5.74, 6) is -1.10. The minimum atomic E-state index is -1.56. The average molecular weight is 465 g/mol. The van der Waals surface area contributed by atoms with Crippen molar-refractivity contribution < 1.29 is 13.4 Å². The zero-order valence-electron chi connectivity index (χ0n) is 14.1. The monoisotopic (exact) mass is 464 g/mol. The van der Waals surface area contributed by atoms with E-state index in [1.807, 2.05) is 0 Å². The van der Waals surface area contributed by atoms with E-state index in [-0.39, 0.29) is 17.2 Å². The number of primary amides is 1. The second-order valence-corrected chi connectivity index (χ2v) is 7.41. The van der Waals surface area contributed by atoms with Crippen LogP contribution in [0.25, 0.3) is 0 Å². The van der Waals surface area contributed by atoms with E-state index in [2.05, 4.69) is 36.5 Å². The molecule has 1 atom stereocenters. The summed E-state index contributed by atoms with van der Waals surface area (Å²) in [5, 5.41) is 11.2. The number of nitrogens with zero attached hydrogens (tertiary/aromatic N) is 2. The largest absolute Gasteiger partial charge is 0.365 e. The van der Waals surface area contributed by atoms with Crippen LogP contribution in [-0.2, 0) is 11.0 Å². The highest BCUT2D eigenvalue weighted by Gasteiger charge is 2.16. The van der Waals surface area contributed by atoms with Crippen LogP contribution in [0.2, 0.25) is 0 Å². The minimum Gasteiger partial charge on any atom is -0.365 e. The number of aromatic nitrogens is 2. The van der Waals surface area contributed by atoms with Gasteiger partial charge in [0.15, 0.2) is 0 Å². The third kappa shape index (κ3) is 4.50. The van der Waals surface area contributed by atoms with Crippen molar-refractivity contribution in [3.8, 4) is 0 Å². The van der Waals surface area contributed by atoms with Crippen molar-refractivity contribution in [2.75, 3.05) is 10.6 Å². The fourth-order valence-corrected chi connectivity index (χ4v) is 3.02. The molecule has 2 aromatic carbocycles. The lowest BCUT2D eigenvalue weighted by atomic mass is 10.1. The first kappa shape index (κ1) is 19.9. The van der Waals surface area contributed by atoms with Crippen molar-refractivity contribution >= 4 is 56.0 Å². The summed E-state index contributed by atoms with van der Waals surface area (Å²) in [7, 11) is -1.56. The van der Waals surface area contributed by atoms with E-state index >= 15 is 0 Å². The van der Waals surface area contributed by atoms with Gasteiger partial charge in [-0.05, 0) is 52.3 Å². The molecule has 28 heavy (non-hydrogen) atoms. The molecule has 0 saturated heterocycles. The summed E-state index contributed by atoms with van der Waals surface area (Å²) in [6.45, 7) is 0. The summed E-state index contributed by atoms with van der Waals surface area (Å²) in [4.78, 5) is 20.5. The first-order chi connectivity index (χ1) is 13.3.